The van der Waals surface area contributed by atoms with Gasteiger partial charge in [0.1, 0.15) is 16.6 Å². The fraction of sp³-hybridized carbons (Fsp3) is 0.250. The number of carbonyl (C=O) groups excluding carboxylic acids is 1. The molecular weight excluding hydrogens is 445 g/mol. The molecule has 4 aromatic rings. The van der Waals surface area contributed by atoms with E-state index < -0.39 is 12.1 Å². The maximum absolute atomic E-state index is 13.8. The SMILES string of the molecule is CCOc1ccccc1-c1nc(CC(=O)OC(C)c2nc(-c3ccc(C)c(F)c3)no2)cs1. The largest absolute Gasteiger partial charge is 0.493 e. The molecule has 9 heteroatoms. The zero-order valence-electron chi connectivity index (χ0n) is 18.4. The maximum atomic E-state index is 13.8. The number of para-hydroxylation sites is 1. The second-order valence-corrected chi connectivity index (χ2v) is 8.16. The van der Waals surface area contributed by atoms with E-state index in [1.54, 1.807) is 26.0 Å². The highest BCUT2D eigenvalue weighted by atomic mass is 32.1. The Hall–Kier alpha value is -3.59. The number of ether oxygens (including phenoxy) is 2. The molecule has 2 aromatic heterocycles. The lowest BCUT2D eigenvalue weighted by molar-refractivity contribution is -0.149. The van der Waals surface area contributed by atoms with E-state index in [0.717, 1.165) is 16.3 Å². The number of aryl methyl sites for hydroxylation is 1. The van der Waals surface area contributed by atoms with Crippen molar-refractivity contribution in [2.75, 3.05) is 6.61 Å². The van der Waals surface area contributed by atoms with Crippen LogP contribution in [-0.4, -0.2) is 27.7 Å². The van der Waals surface area contributed by atoms with Gasteiger partial charge in [-0.05, 0) is 44.5 Å². The molecule has 0 saturated heterocycles. The van der Waals surface area contributed by atoms with Crippen molar-refractivity contribution >= 4 is 17.3 Å². The molecule has 1 unspecified atom stereocenters. The van der Waals surface area contributed by atoms with E-state index in [4.69, 9.17) is 14.0 Å². The summed E-state index contributed by atoms with van der Waals surface area (Å²) in [6.07, 6.45) is -0.757. The minimum absolute atomic E-state index is 0.00180. The van der Waals surface area contributed by atoms with Gasteiger partial charge >= 0.3 is 5.97 Å². The van der Waals surface area contributed by atoms with E-state index in [1.807, 2.05) is 36.6 Å². The number of hydrogen-bond donors (Lipinski definition) is 0. The van der Waals surface area contributed by atoms with Crippen molar-refractivity contribution in [3.8, 4) is 27.7 Å². The Labute approximate surface area is 194 Å². The van der Waals surface area contributed by atoms with Crippen LogP contribution in [0, 0.1) is 12.7 Å². The predicted molar refractivity (Wildman–Crippen MR) is 121 cm³/mol. The van der Waals surface area contributed by atoms with E-state index >= 15 is 0 Å². The van der Waals surface area contributed by atoms with Crippen LogP contribution in [-0.2, 0) is 16.0 Å². The van der Waals surface area contributed by atoms with Gasteiger partial charge in [-0.15, -0.1) is 11.3 Å². The van der Waals surface area contributed by atoms with Crippen molar-refractivity contribution in [3.63, 3.8) is 0 Å². The highest BCUT2D eigenvalue weighted by Gasteiger charge is 2.21. The number of hydrogen-bond acceptors (Lipinski definition) is 8. The van der Waals surface area contributed by atoms with Crippen molar-refractivity contribution in [2.24, 2.45) is 0 Å². The van der Waals surface area contributed by atoms with Gasteiger partial charge in [0, 0.05) is 10.9 Å². The Morgan fingerprint density at radius 2 is 2.03 bits per heavy atom. The third-order valence-electron chi connectivity index (χ3n) is 4.82. The van der Waals surface area contributed by atoms with Gasteiger partial charge in [0.25, 0.3) is 5.89 Å². The maximum Gasteiger partial charge on any atom is 0.312 e. The standard InChI is InChI=1S/C24H22FN3O4S/c1-4-30-20-8-6-5-7-18(20)24-26-17(13-33-24)12-21(29)31-15(3)23-27-22(28-32-23)16-10-9-14(2)19(25)11-16/h5-11,13,15H,4,12H2,1-3H3. The number of esters is 1. The molecule has 2 aromatic carbocycles. The van der Waals surface area contributed by atoms with Crippen LogP contribution in [0.3, 0.4) is 0 Å². The lowest BCUT2D eigenvalue weighted by atomic mass is 10.1. The molecule has 2 heterocycles. The van der Waals surface area contributed by atoms with Crippen LogP contribution in [0.5, 0.6) is 5.75 Å². The highest BCUT2D eigenvalue weighted by molar-refractivity contribution is 7.13. The summed E-state index contributed by atoms with van der Waals surface area (Å²) in [6, 6.07) is 12.3. The average Bonchev–Trinajstić information content (AvgIpc) is 3.46. The van der Waals surface area contributed by atoms with Crippen LogP contribution in [0.2, 0.25) is 0 Å². The molecular formula is C24H22FN3O4S. The van der Waals surface area contributed by atoms with E-state index in [1.165, 1.54) is 17.4 Å². The first-order chi connectivity index (χ1) is 15.9. The second kappa shape index (κ2) is 9.91. The topological polar surface area (TPSA) is 87.3 Å². The van der Waals surface area contributed by atoms with Crippen LogP contribution < -0.4 is 4.74 Å². The smallest absolute Gasteiger partial charge is 0.312 e. The summed E-state index contributed by atoms with van der Waals surface area (Å²) in [7, 11) is 0. The van der Waals surface area contributed by atoms with E-state index in [-0.39, 0.29) is 24.0 Å². The van der Waals surface area contributed by atoms with Gasteiger partial charge in [0.05, 0.1) is 24.3 Å². The number of halogens is 1. The lowest BCUT2D eigenvalue weighted by Gasteiger charge is -2.08. The zero-order valence-corrected chi connectivity index (χ0v) is 19.2. The second-order valence-electron chi connectivity index (χ2n) is 7.30. The molecule has 0 bridgehead atoms. The molecule has 0 N–H and O–H groups in total. The fourth-order valence-corrected chi connectivity index (χ4v) is 3.97. The quantitative estimate of drug-likeness (QED) is 0.314. The van der Waals surface area contributed by atoms with Gasteiger partial charge < -0.3 is 14.0 Å². The van der Waals surface area contributed by atoms with Crippen molar-refractivity contribution in [1.82, 2.24) is 15.1 Å². The lowest BCUT2D eigenvalue weighted by Crippen LogP contribution is -2.12. The van der Waals surface area contributed by atoms with Gasteiger partial charge in [0.15, 0.2) is 6.10 Å². The molecule has 170 valence electrons. The third-order valence-corrected chi connectivity index (χ3v) is 5.75. The first-order valence-electron chi connectivity index (χ1n) is 10.4. The van der Waals surface area contributed by atoms with Crippen LogP contribution in [0.4, 0.5) is 4.39 Å². The summed E-state index contributed by atoms with van der Waals surface area (Å²) in [5.74, 6) is 0.272. The Morgan fingerprint density at radius 1 is 1.21 bits per heavy atom. The third kappa shape index (κ3) is 5.25. The number of thiazole rings is 1. The number of aromatic nitrogens is 3. The van der Waals surface area contributed by atoms with Crippen LogP contribution in [0.25, 0.3) is 22.0 Å². The van der Waals surface area contributed by atoms with E-state index in [2.05, 4.69) is 15.1 Å². The van der Waals surface area contributed by atoms with Gasteiger partial charge in [-0.25, -0.2) is 9.37 Å². The number of rotatable bonds is 8. The van der Waals surface area contributed by atoms with Gasteiger partial charge in [-0.3, -0.25) is 4.79 Å². The fourth-order valence-electron chi connectivity index (χ4n) is 3.12. The van der Waals surface area contributed by atoms with Crippen molar-refractivity contribution in [2.45, 2.75) is 33.3 Å². The first-order valence-corrected chi connectivity index (χ1v) is 11.3. The normalized spacial score (nSPS) is 11.9. The van der Waals surface area contributed by atoms with Gasteiger partial charge in [-0.2, -0.15) is 4.98 Å². The summed E-state index contributed by atoms with van der Waals surface area (Å²) < 4.78 is 30.1. The molecule has 0 aliphatic carbocycles. The Balaban J connectivity index is 1.40. The molecule has 7 nitrogen and oxygen atoms in total. The van der Waals surface area contributed by atoms with Crippen LogP contribution in [0.1, 0.15) is 37.1 Å². The number of nitrogens with zero attached hydrogens (tertiary/aromatic N) is 3. The summed E-state index contributed by atoms with van der Waals surface area (Å²) in [5.41, 5.74) is 2.48. The molecule has 0 spiro atoms. The van der Waals surface area contributed by atoms with Gasteiger partial charge in [0.2, 0.25) is 5.82 Å². The highest BCUT2D eigenvalue weighted by Crippen LogP contribution is 2.32. The molecule has 33 heavy (non-hydrogen) atoms. The van der Waals surface area contributed by atoms with E-state index in [0.29, 0.717) is 23.4 Å². The molecule has 1 atom stereocenters. The van der Waals surface area contributed by atoms with E-state index in [9.17, 15) is 9.18 Å². The average molecular weight is 468 g/mol. The number of benzene rings is 2. The summed E-state index contributed by atoms with van der Waals surface area (Å²) in [6.45, 7) is 5.78. The van der Waals surface area contributed by atoms with Crippen molar-refractivity contribution in [1.29, 1.82) is 0 Å². The molecule has 0 saturated carbocycles. The van der Waals surface area contributed by atoms with Crippen LogP contribution in [0.15, 0.2) is 52.4 Å². The molecule has 0 aliphatic rings. The molecule has 0 amide bonds. The predicted octanol–water partition coefficient (Wildman–Crippen LogP) is 5.55. The number of carbonyl (C=O) groups is 1. The summed E-state index contributed by atoms with van der Waals surface area (Å²) >= 11 is 1.43. The van der Waals surface area contributed by atoms with Crippen LogP contribution >= 0.6 is 11.3 Å². The summed E-state index contributed by atoms with van der Waals surface area (Å²) in [4.78, 5) is 21.2. The first kappa shape index (κ1) is 22.6. The summed E-state index contributed by atoms with van der Waals surface area (Å²) in [5, 5.41) is 6.45. The Morgan fingerprint density at radius 3 is 2.82 bits per heavy atom. The van der Waals surface area contributed by atoms with Crippen molar-refractivity contribution < 1.29 is 23.2 Å². The molecule has 0 fully saturated rings. The molecule has 4 rings (SSSR count). The van der Waals surface area contributed by atoms with Crippen molar-refractivity contribution in [3.05, 3.63) is 70.8 Å². The minimum Gasteiger partial charge on any atom is -0.493 e. The minimum atomic E-state index is -0.758. The zero-order chi connectivity index (χ0) is 23.4. The molecule has 0 radical (unpaired) electrons. The molecule has 0 aliphatic heterocycles. The Kier molecular flexibility index (Phi) is 6.79. The van der Waals surface area contributed by atoms with Gasteiger partial charge in [-0.1, -0.05) is 29.4 Å². The monoisotopic (exact) mass is 467 g/mol. The Bertz CT molecular complexity index is 1270.